The van der Waals surface area contributed by atoms with E-state index in [9.17, 15) is 9.59 Å². The van der Waals surface area contributed by atoms with Gasteiger partial charge in [-0.25, -0.2) is 4.79 Å². The van der Waals surface area contributed by atoms with Gasteiger partial charge in [0.15, 0.2) is 0 Å². The molecule has 2 aromatic heterocycles. The molecule has 0 aliphatic heterocycles. The van der Waals surface area contributed by atoms with Crippen molar-refractivity contribution in [1.82, 2.24) is 15.3 Å². The van der Waals surface area contributed by atoms with Gasteiger partial charge in [0.05, 0.1) is 17.0 Å². The van der Waals surface area contributed by atoms with Crippen LogP contribution in [-0.2, 0) is 6.54 Å². The molecule has 9 nitrogen and oxygen atoms in total. The average Bonchev–Trinajstić information content (AvgIpc) is 3.35. The Balaban J connectivity index is 1.38. The fourth-order valence-corrected chi connectivity index (χ4v) is 3.25. The summed E-state index contributed by atoms with van der Waals surface area (Å²) in [6.45, 7) is 0.402. The number of rotatable bonds is 7. The average molecular weight is 457 g/mol. The molecule has 0 saturated carbocycles. The van der Waals surface area contributed by atoms with Crippen molar-refractivity contribution in [2.75, 3.05) is 17.7 Å². The summed E-state index contributed by atoms with van der Waals surface area (Å²) in [5, 5.41) is 8.15. The number of benzene rings is 2. The van der Waals surface area contributed by atoms with Gasteiger partial charge in [0.1, 0.15) is 11.5 Å². The van der Waals surface area contributed by atoms with E-state index in [1.807, 2.05) is 18.2 Å². The van der Waals surface area contributed by atoms with E-state index in [0.717, 1.165) is 5.56 Å². The number of H-pyrrole nitrogens is 1. The van der Waals surface area contributed by atoms with Crippen molar-refractivity contribution in [2.24, 2.45) is 5.73 Å². The minimum atomic E-state index is -0.358. The predicted octanol–water partition coefficient (Wildman–Crippen LogP) is 4.33. The molecule has 3 amide bonds. The van der Waals surface area contributed by atoms with Crippen molar-refractivity contribution < 1.29 is 14.3 Å². The Kier molecular flexibility index (Phi) is 6.85. The van der Waals surface area contributed by atoms with Crippen LogP contribution in [0.1, 0.15) is 15.9 Å². The lowest BCUT2D eigenvalue weighted by Gasteiger charge is -2.10. The fourth-order valence-electron chi connectivity index (χ4n) is 3.25. The maximum atomic E-state index is 12.3. The molecule has 172 valence electrons. The summed E-state index contributed by atoms with van der Waals surface area (Å²) in [6, 6.07) is 19.2. The molecule has 0 fully saturated rings. The molecule has 0 atom stereocenters. The molecule has 0 saturated heterocycles. The number of pyridine rings is 1. The number of aromatic nitrogens is 2. The summed E-state index contributed by atoms with van der Waals surface area (Å²) in [5.41, 5.74) is 9.71. The molecule has 4 aromatic rings. The van der Waals surface area contributed by atoms with Gasteiger partial charge >= 0.3 is 6.03 Å². The highest BCUT2D eigenvalue weighted by Gasteiger charge is 2.10. The van der Waals surface area contributed by atoms with Crippen LogP contribution in [-0.4, -0.2) is 29.0 Å². The minimum absolute atomic E-state index is 0.179. The Morgan fingerprint density at radius 2 is 1.76 bits per heavy atom. The fraction of sp³-hybridized carbons (Fsp3) is 0.0800. The number of ether oxygens (including phenoxy) is 1. The van der Waals surface area contributed by atoms with E-state index in [1.54, 1.807) is 68.0 Å². The molecule has 6 N–H and O–H groups in total. The molecule has 2 aromatic carbocycles. The topological polar surface area (TPSA) is 134 Å². The van der Waals surface area contributed by atoms with Crippen LogP contribution in [0.4, 0.5) is 16.2 Å². The van der Waals surface area contributed by atoms with E-state index in [1.165, 1.54) is 0 Å². The molecule has 0 radical (unpaired) electrons. The Hall–Kier alpha value is -4.63. The number of nitrogens with zero attached hydrogens (tertiary/aromatic N) is 1. The van der Waals surface area contributed by atoms with Crippen LogP contribution in [0.25, 0.3) is 11.4 Å². The summed E-state index contributed by atoms with van der Waals surface area (Å²) in [6.07, 6.45) is 3.26. The highest BCUT2D eigenvalue weighted by Crippen LogP contribution is 2.26. The Labute approximate surface area is 196 Å². The first-order chi connectivity index (χ1) is 16.5. The maximum Gasteiger partial charge on any atom is 0.323 e. The van der Waals surface area contributed by atoms with E-state index >= 15 is 0 Å². The number of aromatic amines is 1. The molecule has 4 rings (SSSR count). The quantitative estimate of drug-likeness (QED) is 0.282. The molecule has 0 spiro atoms. The van der Waals surface area contributed by atoms with E-state index in [0.29, 0.717) is 46.4 Å². The largest absolute Gasteiger partial charge is 0.457 e. The number of anilines is 2. The lowest BCUT2D eigenvalue weighted by atomic mass is 10.2. The SMILES string of the molecule is CNC(=O)c1c[nH]c(-c2cc(Oc3ccc(NC(=O)Nc4cccc(CN)c4)cc3)ccn2)c1. The zero-order valence-electron chi connectivity index (χ0n) is 18.5. The molecule has 0 aliphatic carbocycles. The van der Waals surface area contributed by atoms with Crippen LogP contribution in [0, 0.1) is 0 Å². The molecule has 9 heteroatoms. The Morgan fingerprint density at radius 3 is 2.53 bits per heavy atom. The summed E-state index contributed by atoms with van der Waals surface area (Å²) < 4.78 is 5.92. The van der Waals surface area contributed by atoms with Crippen molar-refractivity contribution in [3.8, 4) is 22.9 Å². The van der Waals surface area contributed by atoms with Crippen LogP contribution in [0.3, 0.4) is 0 Å². The van der Waals surface area contributed by atoms with Crippen LogP contribution in [0.2, 0.25) is 0 Å². The minimum Gasteiger partial charge on any atom is -0.457 e. The third kappa shape index (κ3) is 5.59. The van der Waals surface area contributed by atoms with E-state index in [-0.39, 0.29) is 11.9 Å². The maximum absolute atomic E-state index is 12.3. The van der Waals surface area contributed by atoms with Gasteiger partial charge in [-0.15, -0.1) is 0 Å². The summed E-state index contributed by atoms with van der Waals surface area (Å²) in [4.78, 5) is 31.4. The first kappa shape index (κ1) is 22.6. The van der Waals surface area contributed by atoms with Crippen molar-refractivity contribution in [1.29, 1.82) is 0 Å². The third-order valence-corrected chi connectivity index (χ3v) is 4.95. The molecular formula is C25H24N6O3. The molecule has 0 bridgehead atoms. The van der Waals surface area contributed by atoms with Gasteiger partial charge in [-0.3, -0.25) is 9.78 Å². The molecule has 34 heavy (non-hydrogen) atoms. The zero-order chi connectivity index (χ0) is 23.9. The summed E-state index contributed by atoms with van der Waals surface area (Å²) >= 11 is 0. The number of hydrogen-bond donors (Lipinski definition) is 5. The van der Waals surface area contributed by atoms with Gasteiger partial charge < -0.3 is 31.4 Å². The number of carbonyl (C=O) groups is 2. The van der Waals surface area contributed by atoms with Crippen LogP contribution < -0.4 is 26.4 Å². The lowest BCUT2D eigenvalue weighted by Crippen LogP contribution is -2.19. The first-order valence-corrected chi connectivity index (χ1v) is 10.6. The number of nitrogens with one attached hydrogen (secondary N) is 4. The lowest BCUT2D eigenvalue weighted by molar-refractivity contribution is 0.0963. The smallest absolute Gasteiger partial charge is 0.323 e. The van der Waals surface area contributed by atoms with E-state index < -0.39 is 0 Å². The summed E-state index contributed by atoms with van der Waals surface area (Å²) in [5.74, 6) is 0.997. The van der Waals surface area contributed by atoms with Crippen molar-refractivity contribution in [3.63, 3.8) is 0 Å². The number of urea groups is 1. The molecule has 2 heterocycles. The van der Waals surface area contributed by atoms with Crippen LogP contribution in [0.5, 0.6) is 11.5 Å². The van der Waals surface area contributed by atoms with Gasteiger partial charge in [-0.05, 0) is 54.1 Å². The molecule has 0 aliphatic rings. The van der Waals surface area contributed by atoms with Gasteiger partial charge in [-0.2, -0.15) is 0 Å². The number of amides is 3. The van der Waals surface area contributed by atoms with Crippen molar-refractivity contribution >= 4 is 23.3 Å². The molecular weight excluding hydrogens is 432 g/mol. The summed E-state index contributed by atoms with van der Waals surface area (Å²) in [7, 11) is 1.58. The highest BCUT2D eigenvalue weighted by atomic mass is 16.5. The van der Waals surface area contributed by atoms with Gasteiger partial charge in [0, 0.05) is 43.4 Å². The van der Waals surface area contributed by atoms with E-state index in [4.69, 9.17) is 10.5 Å². The second-order valence-electron chi connectivity index (χ2n) is 7.37. The number of nitrogens with two attached hydrogens (primary N) is 1. The third-order valence-electron chi connectivity index (χ3n) is 4.95. The monoisotopic (exact) mass is 456 g/mol. The van der Waals surface area contributed by atoms with Crippen LogP contribution >= 0.6 is 0 Å². The second kappa shape index (κ2) is 10.3. The number of hydrogen-bond acceptors (Lipinski definition) is 5. The van der Waals surface area contributed by atoms with E-state index in [2.05, 4.69) is 25.9 Å². The van der Waals surface area contributed by atoms with Gasteiger partial charge in [-0.1, -0.05) is 12.1 Å². The second-order valence-corrected chi connectivity index (χ2v) is 7.37. The van der Waals surface area contributed by atoms with Crippen molar-refractivity contribution in [3.05, 3.63) is 90.3 Å². The van der Waals surface area contributed by atoms with Crippen LogP contribution in [0.15, 0.2) is 79.1 Å². The first-order valence-electron chi connectivity index (χ1n) is 10.6. The zero-order valence-corrected chi connectivity index (χ0v) is 18.5. The number of carbonyl (C=O) groups excluding carboxylic acids is 2. The van der Waals surface area contributed by atoms with Gasteiger partial charge in [0.25, 0.3) is 5.91 Å². The van der Waals surface area contributed by atoms with Crippen molar-refractivity contribution in [2.45, 2.75) is 6.54 Å². The highest BCUT2D eigenvalue weighted by molar-refractivity contribution is 5.99. The Morgan fingerprint density at radius 1 is 0.971 bits per heavy atom. The standard InChI is InChI=1S/C25H24N6O3/c1-27-24(32)17-12-22(29-15-17)23-13-21(9-10-28-23)34-20-7-5-18(6-8-20)30-25(33)31-19-4-2-3-16(11-19)14-26/h2-13,15,29H,14,26H2,1H3,(H,27,32)(H2,30,31,33). The molecule has 0 unspecified atom stereocenters. The Bertz CT molecular complexity index is 1300. The predicted molar refractivity (Wildman–Crippen MR) is 131 cm³/mol. The normalized spacial score (nSPS) is 10.4. The van der Waals surface area contributed by atoms with Gasteiger partial charge in [0.2, 0.25) is 0 Å².